The van der Waals surface area contributed by atoms with Gasteiger partial charge in [-0.05, 0) is 49.4 Å². The maximum Gasteiger partial charge on any atom is 0.283 e. The molecule has 1 saturated heterocycles. The third-order valence-electron chi connectivity index (χ3n) is 6.01. The maximum absolute atomic E-state index is 12.9. The second-order valence-corrected chi connectivity index (χ2v) is 10.2. The molecule has 8 heteroatoms. The van der Waals surface area contributed by atoms with Gasteiger partial charge in [-0.3, -0.25) is 0 Å². The molecule has 0 atom stereocenters. The van der Waals surface area contributed by atoms with Gasteiger partial charge >= 0.3 is 0 Å². The van der Waals surface area contributed by atoms with E-state index in [2.05, 4.69) is 30.4 Å². The summed E-state index contributed by atoms with van der Waals surface area (Å²) in [5, 5.41) is 3.89. The number of benzene rings is 1. The standard InChI is InChI=1S/C21H28N4O3S/c1-4-21(2,3)20-23-18-14-17(29(26,27)25-11-5-10-22-25)6-7-19(18)24(20)15-16-8-12-28-13-9-16/h5-7,10-11,14,16H,4,8-9,12-13,15H2,1-3H3. The van der Waals surface area contributed by atoms with Gasteiger partial charge in [0, 0.05) is 31.4 Å². The Hall–Kier alpha value is -2.19. The second kappa shape index (κ2) is 7.57. The van der Waals surface area contributed by atoms with E-state index in [-0.39, 0.29) is 10.3 Å². The van der Waals surface area contributed by atoms with Gasteiger partial charge in [0.25, 0.3) is 10.0 Å². The largest absolute Gasteiger partial charge is 0.381 e. The van der Waals surface area contributed by atoms with Crippen molar-refractivity contribution in [1.29, 1.82) is 0 Å². The normalized spacial score (nSPS) is 16.5. The second-order valence-electron chi connectivity index (χ2n) is 8.37. The first-order valence-corrected chi connectivity index (χ1v) is 11.6. The number of hydrogen-bond donors (Lipinski definition) is 0. The summed E-state index contributed by atoms with van der Waals surface area (Å²) in [6.07, 6.45) is 5.92. The highest BCUT2D eigenvalue weighted by Crippen LogP contribution is 2.32. The Morgan fingerprint density at radius 2 is 2.00 bits per heavy atom. The summed E-state index contributed by atoms with van der Waals surface area (Å²) in [4.78, 5) is 5.11. The summed E-state index contributed by atoms with van der Waals surface area (Å²) in [5.74, 6) is 1.55. The van der Waals surface area contributed by atoms with Crippen LogP contribution in [0.15, 0.2) is 41.6 Å². The van der Waals surface area contributed by atoms with Crippen LogP contribution in [0, 0.1) is 5.92 Å². The lowest BCUT2D eigenvalue weighted by Crippen LogP contribution is -2.26. The summed E-state index contributed by atoms with van der Waals surface area (Å²) in [6, 6.07) is 6.81. The zero-order valence-corrected chi connectivity index (χ0v) is 18.0. The minimum absolute atomic E-state index is 0.106. The van der Waals surface area contributed by atoms with Crippen LogP contribution in [0.5, 0.6) is 0 Å². The molecule has 0 spiro atoms. The lowest BCUT2D eigenvalue weighted by Gasteiger charge is -2.28. The van der Waals surface area contributed by atoms with Crippen LogP contribution in [0.3, 0.4) is 0 Å². The quantitative estimate of drug-likeness (QED) is 0.614. The molecule has 29 heavy (non-hydrogen) atoms. The molecule has 3 heterocycles. The van der Waals surface area contributed by atoms with Crippen molar-refractivity contribution in [2.24, 2.45) is 5.92 Å². The number of hydrogen-bond acceptors (Lipinski definition) is 5. The van der Waals surface area contributed by atoms with E-state index in [1.165, 1.54) is 12.4 Å². The third kappa shape index (κ3) is 3.71. The van der Waals surface area contributed by atoms with Gasteiger partial charge in [0.1, 0.15) is 5.82 Å². The van der Waals surface area contributed by atoms with Gasteiger partial charge < -0.3 is 9.30 Å². The number of imidazole rings is 1. The number of fused-ring (bicyclic) bond motifs is 1. The zero-order valence-electron chi connectivity index (χ0n) is 17.2. The molecule has 1 aliphatic heterocycles. The summed E-state index contributed by atoms with van der Waals surface area (Å²) >= 11 is 0. The average Bonchev–Trinajstić information content (AvgIpc) is 3.38. The Labute approximate surface area is 171 Å². The molecular weight excluding hydrogens is 388 g/mol. The summed E-state index contributed by atoms with van der Waals surface area (Å²) < 4.78 is 34.5. The summed E-state index contributed by atoms with van der Waals surface area (Å²) in [6.45, 7) is 9.02. The fourth-order valence-electron chi connectivity index (χ4n) is 3.82. The Kier molecular flexibility index (Phi) is 5.25. The predicted octanol–water partition coefficient (Wildman–Crippen LogP) is 3.58. The molecular formula is C21H28N4O3S. The third-order valence-corrected chi connectivity index (χ3v) is 7.57. The van der Waals surface area contributed by atoms with Gasteiger partial charge in [-0.1, -0.05) is 20.8 Å². The van der Waals surface area contributed by atoms with Crippen molar-refractivity contribution in [2.45, 2.75) is 56.9 Å². The average molecular weight is 417 g/mol. The van der Waals surface area contributed by atoms with E-state index in [1.807, 2.05) is 6.07 Å². The SMILES string of the molecule is CCC(C)(C)c1nc2cc(S(=O)(=O)n3cccn3)ccc2n1CC1CCOCC1. The van der Waals surface area contributed by atoms with Crippen LogP contribution in [-0.4, -0.2) is 40.4 Å². The highest BCUT2D eigenvalue weighted by atomic mass is 32.2. The minimum atomic E-state index is -3.72. The first-order valence-electron chi connectivity index (χ1n) is 10.2. The molecule has 156 valence electrons. The van der Waals surface area contributed by atoms with Gasteiger partial charge in [0.15, 0.2) is 0 Å². The molecule has 1 fully saturated rings. The van der Waals surface area contributed by atoms with Crippen molar-refractivity contribution in [3.8, 4) is 0 Å². The Morgan fingerprint density at radius 1 is 1.24 bits per heavy atom. The van der Waals surface area contributed by atoms with Crippen LogP contribution < -0.4 is 0 Å². The van der Waals surface area contributed by atoms with Crippen LogP contribution in [-0.2, 0) is 26.7 Å². The van der Waals surface area contributed by atoms with Crippen molar-refractivity contribution in [3.05, 3.63) is 42.5 Å². The van der Waals surface area contributed by atoms with E-state index in [0.29, 0.717) is 11.4 Å². The first kappa shape index (κ1) is 20.1. The van der Waals surface area contributed by atoms with Gasteiger partial charge in [0.05, 0.1) is 22.1 Å². The van der Waals surface area contributed by atoms with Crippen molar-refractivity contribution < 1.29 is 13.2 Å². The number of ether oxygens (including phenoxy) is 1. The van der Waals surface area contributed by atoms with Crippen LogP contribution in [0.25, 0.3) is 11.0 Å². The zero-order chi connectivity index (χ0) is 20.6. The highest BCUT2D eigenvalue weighted by Gasteiger charge is 2.28. The smallest absolute Gasteiger partial charge is 0.283 e. The van der Waals surface area contributed by atoms with E-state index >= 15 is 0 Å². The van der Waals surface area contributed by atoms with E-state index in [4.69, 9.17) is 9.72 Å². The number of nitrogens with zero attached hydrogens (tertiary/aromatic N) is 4. The van der Waals surface area contributed by atoms with E-state index in [9.17, 15) is 8.42 Å². The van der Waals surface area contributed by atoms with Crippen molar-refractivity contribution in [1.82, 2.24) is 18.7 Å². The van der Waals surface area contributed by atoms with Gasteiger partial charge in [-0.15, -0.1) is 0 Å². The molecule has 0 unspecified atom stereocenters. The summed E-state index contributed by atoms with van der Waals surface area (Å²) in [7, 11) is -3.72. The van der Waals surface area contributed by atoms with Gasteiger partial charge in [0.2, 0.25) is 0 Å². The number of rotatable bonds is 6. The van der Waals surface area contributed by atoms with Crippen LogP contribution in [0.2, 0.25) is 0 Å². The van der Waals surface area contributed by atoms with Crippen molar-refractivity contribution >= 4 is 21.1 Å². The van der Waals surface area contributed by atoms with Crippen LogP contribution in [0.4, 0.5) is 0 Å². The maximum atomic E-state index is 12.9. The fraction of sp³-hybridized carbons (Fsp3) is 0.524. The summed E-state index contributed by atoms with van der Waals surface area (Å²) in [5.41, 5.74) is 1.58. The van der Waals surface area contributed by atoms with Crippen LogP contribution >= 0.6 is 0 Å². The highest BCUT2D eigenvalue weighted by molar-refractivity contribution is 7.89. The molecule has 2 aromatic heterocycles. The number of aromatic nitrogens is 4. The molecule has 1 aromatic carbocycles. The van der Waals surface area contributed by atoms with Crippen molar-refractivity contribution in [3.63, 3.8) is 0 Å². The molecule has 0 radical (unpaired) electrons. The Bertz CT molecular complexity index is 1090. The monoisotopic (exact) mass is 416 g/mol. The first-order chi connectivity index (χ1) is 13.8. The molecule has 0 bridgehead atoms. The minimum Gasteiger partial charge on any atom is -0.381 e. The molecule has 3 aromatic rings. The molecule has 4 rings (SSSR count). The molecule has 0 amide bonds. The lowest BCUT2D eigenvalue weighted by molar-refractivity contribution is 0.0611. The topological polar surface area (TPSA) is 79.0 Å². The molecule has 0 aliphatic carbocycles. The molecule has 0 N–H and O–H groups in total. The van der Waals surface area contributed by atoms with Crippen molar-refractivity contribution in [2.75, 3.05) is 13.2 Å². The van der Waals surface area contributed by atoms with E-state index in [1.54, 1.807) is 18.2 Å². The lowest BCUT2D eigenvalue weighted by atomic mass is 9.89. The fourth-order valence-corrected chi connectivity index (χ4v) is 4.95. The Morgan fingerprint density at radius 3 is 2.66 bits per heavy atom. The Balaban J connectivity index is 1.81. The molecule has 7 nitrogen and oxygen atoms in total. The van der Waals surface area contributed by atoms with E-state index < -0.39 is 10.0 Å². The van der Waals surface area contributed by atoms with E-state index in [0.717, 1.165) is 54.4 Å². The predicted molar refractivity (Wildman–Crippen MR) is 111 cm³/mol. The molecule has 0 saturated carbocycles. The molecule has 1 aliphatic rings. The van der Waals surface area contributed by atoms with Gasteiger partial charge in [-0.25, -0.2) is 4.98 Å². The van der Waals surface area contributed by atoms with Gasteiger partial charge in [-0.2, -0.15) is 17.6 Å². The van der Waals surface area contributed by atoms with Crippen LogP contribution in [0.1, 0.15) is 45.9 Å².